The summed E-state index contributed by atoms with van der Waals surface area (Å²) >= 11 is 6.26. The van der Waals surface area contributed by atoms with Crippen LogP contribution in [0, 0.1) is 0 Å². The fraction of sp³-hybridized carbons (Fsp3) is 0.381. The molecule has 0 aliphatic rings. The van der Waals surface area contributed by atoms with Crippen LogP contribution in [0.1, 0.15) is 11.1 Å². The molecular formula is C21H28ClN3O3. The first-order valence-electron chi connectivity index (χ1n) is 8.98. The smallest absolute Gasteiger partial charge is 0.203 e. The topological polar surface area (TPSA) is 55.3 Å². The van der Waals surface area contributed by atoms with Crippen molar-refractivity contribution >= 4 is 17.6 Å². The van der Waals surface area contributed by atoms with E-state index in [9.17, 15) is 0 Å². The number of halogens is 1. The average Bonchev–Trinajstić information content (AvgIpc) is 2.71. The molecule has 0 atom stereocenters. The van der Waals surface area contributed by atoms with E-state index in [4.69, 9.17) is 25.8 Å². The molecule has 0 unspecified atom stereocenters. The van der Waals surface area contributed by atoms with Gasteiger partial charge >= 0.3 is 0 Å². The highest BCUT2D eigenvalue weighted by atomic mass is 35.5. The first-order valence-corrected chi connectivity index (χ1v) is 9.36. The van der Waals surface area contributed by atoms with Gasteiger partial charge in [-0.05, 0) is 24.1 Å². The quantitative estimate of drug-likeness (QED) is 0.537. The zero-order valence-electron chi connectivity index (χ0n) is 17.1. The van der Waals surface area contributed by atoms with Gasteiger partial charge in [0.25, 0.3) is 0 Å². The highest BCUT2D eigenvalue weighted by molar-refractivity contribution is 6.31. The molecule has 0 amide bonds. The molecule has 6 nitrogen and oxygen atoms in total. The van der Waals surface area contributed by atoms with Gasteiger partial charge in [-0.15, -0.1) is 0 Å². The maximum atomic E-state index is 6.26. The number of nitrogens with one attached hydrogen (secondary N) is 1. The van der Waals surface area contributed by atoms with Crippen LogP contribution in [-0.4, -0.2) is 52.8 Å². The van der Waals surface area contributed by atoms with Crippen molar-refractivity contribution in [2.75, 3.05) is 42.0 Å². The van der Waals surface area contributed by atoms with E-state index in [-0.39, 0.29) is 0 Å². The van der Waals surface area contributed by atoms with Crippen molar-refractivity contribution in [3.8, 4) is 17.2 Å². The maximum absolute atomic E-state index is 6.26. The number of aliphatic imine (C=N–C) groups is 1. The lowest BCUT2D eigenvalue weighted by molar-refractivity contribution is 0.322. The highest BCUT2D eigenvalue weighted by Gasteiger charge is 2.16. The summed E-state index contributed by atoms with van der Waals surface area (Å²) in [6.45, 7) is 1.35. The van der Waals surface area contributed by atoms with E-state index in [2.05, 4.69) is 10.3 Å². The lowest BCUT2D eigenvalue weighted by Crippen LogP contribution is -2.39. The Hall–Kier alpha value is -2.60. The second-order valence-electron chi connectivity index (χ2n) is 6.16. The van der Waals surface area contributed by atoms with Crippen LogP contribution in [0.25, 0.3) is 0 Å². The summed E-state index contributed by atoms with van der Waals surface area (Å²) in [4.78, 5) is 6.40. The summed E-state index contributed by atoms with van der Waals surface area (Å²) in [7, 11) is 8.59. The Morgan fingerprint density at radius 3 is 2.32 bits per heavy atom. The third-order valence-corrected chi connectivity index (χ3v) is 4.77. The highest BCUT2D eigenvalue weighted by Crippen LogP contribution is 2.39. The monoisotopic (exact) mass is 405 g/mol. The van der Waals surface area contributed by atoms with Crippen LogP contribution in [0.3, 0.4) is 0 Å². The number of hydrogen-bond donors (Lipinski definition) is 1. The fourth-order valence-electron chi connectivity index (χ4n) is 3.01. The van der Waals surface area contributed by atoms with Crippen molar-refractivity contribution in [2.24, 2.45) is 4.99 Å². The van der Waals surface area contributed by atoms with Crippen molar-refractivity contribution in [1.29, 1.82) is 0 Å². The standard InChI is InChI=1S/C21H28ClN3O3/c1-23-21(25(2)14-16-8-6-7-9-17(16)22)24-13-12-15-10-11-18(26-3)20(28-5)19(15)27-4/h6-11H,12-14H2,1-5H3,(H,23,24). The van der Waals surface area contributed by atoms with Crippen LogP contribution in [0.4, 0.5) is 0 Å². The Balaban J connectivity index is 2.02. The lowest BCUT2D eigenvalue weighted by atomic mass is 10.1. The Kier molecular flexibility index (Phi) is 8.26. The summed E-state index contributed by atoms with van der Waals surface area (Å²) < 4.78 is 16.3. The Morgan fingerprint density at radius 2 is 1.71 bits per heavy atom. The van der Waals surface area contributed by atoms with Crippen molar-refractivity contribution in [3.63, 3.8) is 0 Å². The molecule has 2 rings (SSSR count). The van der Waals surface area contributed by atoms with Crippen LogP contribution >= 0.6 is 11.6 Å². The molecule has 0 fully saturated rings. The molecule has 2 aromatic rings. The average molecular weight is 406 g/mol. The van der Waals surface area contributed by atoms with Gasteiger partial charge < -0.3 is 24.4 Å². The van der Waals surface area contributed by atoms with Gasteiger partial charge in [0.05, 0.1) is 21.3 Å². The van der Waals surface area contributed by atoms with E-state index >= 15 is 0 Å². The third-order valence-electron chi connectivity index (χ3n) is 4.40. The molecule has 0 aliphatic carbocycles. The molecule has 2 aromatic carbocycles. The second kappa shape index (κ2) is 10.7. The van der Waals surface area contributed by atoms with Crippen molar-refractivity contribution in [3.05, 3.63) is 52.5 Å². The minimum absolute atomic E-state index is 0.600. The maximum Gasteiger partial charge on any atom is 0.203 e. The van der Waals surface area contributed by atoms with Gasteiger partial charge in [0.1, 0.15) is 0 Å². The number of guanidine groups is 1. The van der Waals surface area contributed by atoms with Gasteiger partial charge in [-0.2, -0.15) is 0 Å². The summed E-state index contributed by atoms with van der Waals surface area (Å²) in [6.07, 6.45) is 0.739. The minimum Gasteiger partial charge on any atom is -0.493 e. The number of benzene rings is 2. The first-order chi connectivity index (χ1) is 13.5. The largest absolute Gasteiger partial charge is 0.493 e. The molecular weight excluding hydrogens is 378 g/mol. The zero-order valence-corrected chi connectivity index (χ0v) is 17.8. The number of nitrogens with zero attached hydrogens (tertiary/aromatic N) is 2. The van der Waals surface area contributed by atoms with E-state index in [1.54, 1.807) is 28.4 Å². The van der Waals surface area contributed by atoms with Crippen LogP contribution in [-0.2, 0) is 13.0 Å². The van der Waals surface area contributed by atoms with Gasteiger partial charge in [0.2, 0.25) is 5.75 Å². The fourth-order valence-corrected chi connectivity index (χ4v) is 3.21. The molecule has 152 valence electrons. The zero-order chi connectivity index (χ0) is 20.5. The molecule has 28 heavy (non-hydrogen) atoms. The predicted molar refractivity (Wildman–Crippen MR) is 114 cm³/mol. The van der Waals surface area contributed by atoms with Gasteiger partial charge in [-0.1, -0.05) is 35.9 Å². The molecule has 1 N–H and O–H groups in total. The summed E-state index contributed by atoms with van der Waals surface area (Å²) in [5.74, 6) is 2.72. The lowest BCUT2D eigenvalue weighted by Gasteiger charge is -2.23. The molecule has 0 heterocycles. The number of methoxy groups -OCH3 is 3. The molecule has 0 spiro atoms. The Labute approximate surface area is 172 Å². The molecule has 0 bridgehead atoms. The first kappa shape index (κ1) is 21.7. The van der Waals surface area contributed by atoms with Gasteiger partial charge in [-0.25, -0.2) is 0 Å². The SMILES string of the molecule is CN=C(NCCc1ccc(OC)c(OC)c1OC)N(C)Cc1ccccc1Cl. The third kappa shape index (κ3) is 5.23. The molecule has 7 heteroatoms. The summed E-state index contributed by atoms with van der Waals surface area (Å²) in [5, 5.41) is 4.13. The van der Waals surface area contributed by atoms with E-state index in [1.165, 1.54) is 0 Å². The molecule has 0 aliphatic heterocycles. The van der Waals surface area contributed by atoms with Crippen LogP contribution in [0.5, 0.6) is 17.2 Å². The minimum atomic E-state index is 0.600. The number of ether oxygens (including phenoxy) is 3. The van der Waals surface area contributed by atoms with Crippen LogP contribution in [0.15, 0.2) is 41.4 Å². The second-order valence-corrected chi connectivity index (χ2v) is 6.57. The van der Waals surface area contributed by atoms with E-state index < -0.39 is 0 Å². The molecule has 0 saturated carbocycles. The molecule has 0 aromatic heterocycles. The number of rotatable bonds is 8. The van der Waals surface area contributed by atoms with Gasteiger partial charge in [0.15, 0.2) is 17.5 Å². The van der Waals surface area contributed by atoms with Gasteiger partial charge in [-0.3, -0.25) is 4.99 Å². The number of hydrogen-bond acceptors (Lipinski definition) is 4. The molecule has 0 radical (unpaired) electrons. The van der Waals surface area contributed by atoms with Crippen LogP contribution < -0.4 is 19.5 Å². The van der Waals surface area contributed by atoms with E-state index in [1.807, 2.05) is 48.3 Å². The van der Waals surface area contributed by atoms with E-state index in [0.29, 0.717) is 30.3 Å². The van der Waals surface area contributed by atoms with Gasteiger partial charge in [0, 0.05) is 37.8 Å². The predicted octanol–water partition coefficient (Wildman–Crippen LogP) is 3.62. The Bertz CT molecular complexity index is 811. The Morgan fingerprint density at radius 1 is 1.00 bits per heavy atom. The van der Waals surface area contributed by atoms with Crippen molar-refractivity contribution in [1.82, 2.24) is 10.2 Å². The molecule has 0 saturated heterocycles. The van der Waals surface area contributed by atoms with E-state index in [0.717, 1.165) is 28.5 Å². The normalized spacial score (nSPS) is 11.1. The van der Waals surface area contributed by atoms with Crippen LogP contribution in [0.2, 0.25) is 5.02 Å². The van der Waals surface area contributed by atoms with Crippen molar-refractivity contribution < 1.29 is 14.2 Å². The van der Waals surface area contributed by atoms with Crippen molar-refractivity contribution in [2.45, 2.75) is 13.0 Å². The summed E-state index contributed by atoms with van der Waals surface area (Å²) in [6, 6.07) is 11.7. The summed E-state index contributed by atoms with van der Waals surface area (Å²) in [5.41, 5.74) is 2.08.